The van der Waals surface area contributed by atoms with Crippen LogP contribution in [0.2, 0.25) is 0 Å². The summed E-state index contributed by atoms with van der Waals surface area (Å²) >= 11 is 8.23. The Bertz CT molecular complexity index is 694. The maximum atomic E-state index is 12.8. The minimum atomic E-state index is -0.347. The molecule has 0 aliphatic rings. The van der Waals surface area contributed by atoms with E-state index in [-0.39, 0.29) is 35.7 Å². The predicted molar refractivity (Wildman–Crippen MR) is 97.3 cm³/mol. The molecule has 128 valence electrons. The first kappa shape index (κ1) is 18.7. The fourth-order valence-electron chi connectivity index (χ4n) is 1.68. The number of nitrogens with one attached hydrogen (secondary N) is 2. The number of halogens is 2. The Morgan fingerprint density at radius 1 is 1.21 bits per heavy atom. The van der Waals surface area contributed by atoms with E-state index in [0.717, 1.165) is 5.69 Å². The maximum Gasteiger partial charge on any atom is 0.234 e. The number of carbonyl (C=O) groups excluding carboxylic acids is 2. The largest absolute Gasteiger partial charge is 0.325 e. The number of rotatable bonds is 8. The molecule has 0 bridgehead atoms. The summed E-state index contributed by atoms with van der Waals surface area (Å²) in [6.07, 6.45) is 0.245. The standard InChI is InChI=1S/C15H15ClFN3O2S2/c16-6-5-13(21)20-15-19-12(8-24-15)7-23-9-14(22)18-11-3-1-10(17)2-4-11/h1-4,8H,5-7,9H2,(H,18,22)(H,19,20,21). The fraction of sp³-hybridized carbons (Fsp3) is 0.267. The number of alkyl halides is 1. The topological polar surface area (TPSA) is 71.1 Å². The van der Waals surface area contributed by atoms with Crippen molar-refractivity contribution in [3.8, 4) is 0 Å². The number of benzene rings is 1. The quantitative estimate of drug-likeness (QED) is 0.677. The molecule has 1 heterocycles. The van der Waals surface area contributed by atoms with E-state index >= 15 is 0 Å². The second-order valence-electron chi connectivity index (χ2n) is 4.68. The zero-order valence-electron chi connectivity index (χ0n) is 12.6. The molecular weight excluding hydrogens is 373 g/mol. The lowest BCUT2D eigenvalue weighted by molar-refractivity contribution is -0.116. The molecule has 2 N–H and O–H groups in total. The average molecular weight is 388 g/mol. The highest BCUT2D eigenvalue weighted by molar-refractivity contribution is 7.99. The van der Waals surface area contributed by atoms with Gasteiger partial charge in [-0.15, -0.1) is 34.7 Å². The molecule has 2 aromatic rings. The molecule has 0 atom stereocenters. The Kier molecular flexibility index (Phi) is 7.48. The normalized spacial score (nSPS) is 10.4. The summed E-state index contributed by atoms with van der Waals surface area (Å²) in [5.41, 5.74) is 1.35. The van der Waals surface area contributed by atoms with E-state index in [1.54, 1.807) is 0 Å². The van der Waals surface area contributed by atoms with Gasteiger partial charge < -0.3 is 10.6 Å². The van der Waals surface area contributed by atoms with Crippen molar-refractivity contribution in [1.82, 2.24) is 4.98 Å². The number of nitrogens with zero attached hydrogens (tertiary/aromatic N) is 1. The predicted octanol–water partition coefficient (Wildman–Crippen LogP) is 3.72. The van der Waals surface area contributed by atoms with Crippen molar-refractivity contribution in [3.05, 3.63) is 41.2 Å². The first-order valence-corrected chi connectivity index (χ1v) is 9.57. The minimum Gasteiger partial charge on any atom is -0.325 e. The van der Waals surface area contributed by atoms with Crippen molar-refractivity contribution in [2.75, 3.05) is 22.3 Å². The SMILES string of the molecule is O=C(CSCc1csc(NC(=O)CCCl)n1)Nc1ccc(F)cc1. The van der Waals surface area contributed by atoms with Crippen molar-refractivity contribution < 1.29 is 14.0 Å². The minimum absolute atomic E-state index is 0.169. The molecule has 2 rings (SSSR count). The van der Waals surface area contributed by atoms with Gasteiger partial charge in [0, 0.05) is 29.1 Å². The zero-order valence-corrected chi connectivity index (χ0v) is 14.9. The van der Waals surface area contributed by atoms with Gasteiger partial charge in [0.05, 0.1) is 11.4 Å². The summed E-state index contributed by atoms with van der Waals surface area (Å²) in [6.45, 7) is 0. The third-order valence-corrected chi connectivity index (χ3v) is 4.69. The van der Waals surface area contributed by atoms with E-state index in [2.05, 4.69) is 15.6 Å². The summed E-state index contributed by atoms with van der Waals surface area (Å²) in [6, 6.07) is 5.60. The van der Waals surface area contributed by atoms with Crippen LogP contribution in [0.25, 0.3) is 0 Å². The van der Waals surface area contributed by atoms with Gasteiger partial charge >= 0.3 is 0 Å². The van der Waals surface area contributed by atoms with Crippen molar-refractivity contribution >= 4 is 57.3 Å². The molecule has 1 aromatic carbocycles. The zero-order chi connectivity index (χ0) is 17.4. The smallest absolute Gasteiger partial charge is 0.234 e. The van der Waals surface area contributed by atoms with Crippen LogP contribution in [-0.4, -0.2) is 28.4 Å². The molecule has 0 saturated heterocycles. The molecular formula is C15H15ClFN3O2S2. The van der Waals surface area contributed by atoms with E-state index in [4.69, 9.17) is 11.6 Å². The molecule has 5 nitrogen and oxygen atoms in total. The van der Waals surface area contributed by atoms with Gasteiger partial charge in [-0.05, 0) is 24.3 Å². The Balaban J connectivity index is 1.71. The lowest BCUT2D eigenvalue weighted by atomic mass is 10.3. The van der Waals surface area contributed by atoms with Crippen LogP contribution in [0.3, 0.4) is 0 Å². The number of anilines is 2. The number of amides is 2. The molecule has 0 unspecified atom stereocenters. The van der Waals surface area contributed by atoms with Gasteiger partial charge in [-0.25, -0.2) is 9.37 Å². The summed E-state index contributed by atoms with van der Waals surface area (Å²) < 4.78 is 12.8. The average Bonchev–Trinajstić information content (AvgIpc) is 2.97. The van der Waals surface area contributed by atoms with E-state index in [9.17, 15) is 14.0 Å². The number of thiazole rings is 1. The van der Waals surface area contributed by atoms with Crippen LogP contribution in [0, 0.1) is 5.82 Å². The van der Waals surface area contributed by atoms with E-state index in [0.29, 0.717) is 16.6 Å². The van der Waals surface area contributed by atoms with Gasteiger partial charge in [0.25, 0.3) is 0 Å². The molecule has 24 heavy (non-hydrogen) atoms. The van der Waals surface area contributed by atoms with Crippen LogP contribution in [0.15, 0.2) is 29.6 Å². The van der Waals surface area contributed by atoms with E-state index < -0.39 is 0 Å². The summed E-state index contributed by atoms with van der Waals surface area (Å²) in [5, 5.41) is 7.71. The Morgan fingerprint density at radius 3 is 2.67 bits per heavy atom. The van der Waals surface area contributed by atoms with Gasteiger partial charge in [0.1, 0.15) is 5.82 Å². The highest BCUT2D eigenvalue weighted by Gasteiger charge is 2.08. The molecule has 9 heteroatoms. The maximum absolute atomic E-state index is 12.8. The van der Waals surface area contributed by atoms with Crippen molar-refractivity contribution in [1.29, 1.82) is 0 Å². The van der Waals surface area contributed by atoms with Gasteiger partial charge in [-0.2, -0.15) is 0 Å². The Labute approximate surface area is 152 Å². The molecule has 0 spiro atoms. The highest BCUT2D eigenvalue weighted by Crippen LogP contribution is 2.20. The Hall–Kier alpha value is -1.64. The first-order valence-electron chi connectivity index (χ1n) is 7.00. The molecule has 0 aliphatic heterocycles. The van der Waals surface area contributed by atoms with Gasteiger partial charge in [0.2, 0.25) is 11.8 Å². The van der Waals surface area contributed by atoms with E-state index in [1.165, 1.54) is 47.4 Å². The summed E-state index contributed by atoms with van der Waals surface area (Å²) in [4.78, 5) is 27.5. The second kappa shape index (κ2) is 9.61. The molecule has 2 amide bonds. The highest BCUT2D eigenvalue weighted by atomic mass is 35.5. The molecule has 0 radical (unpaired) electrons. The third kappa shape index (κ3) is 6.46. The number of thioether (sulfide) groups is 1. The second-order valence-corrected chi connectivity index (χ2v) is 6.90. The monoisotopic (exact) mass is 387 g/mol. The number of aromatic nitrogens is 1. The lowest BCUT2D eigenvalue weighted by Crippen LogP contribution is -2.14. The van der Waals surface area contributed by atoms with Gasteiger partial charge in [0.15, 0.2) is 5.13 Å². The molecule has 1 aromatic heterocycles. The third-order valence-electron chi connectivity index (χ3n) is 2.73. The van der Waals surface area contributed by atoms with Crippen LogP contribution in [-0.2, 0) is 15.3 Å². The van der Waals surface area contributed by atoms with Crippen LogP contribution in [0.4, 0.5) is 15.2 Å². The van der Waals surface area contributed by atoms with Crippen molar-refractivity contribution in [2.45, 2.75) is 12.2 Å². The van der Waals surface area contributed by atoms with Crippen LogP contribution in [0.5, 0.6) is 0 Å². The van der Waals surface area contributed by atoms with E-state index in [1.807, 2.05) is 5.38 Å². The van der Waals surface area contributed by atoms with Gasteiger partial charge in [-0.1, -0.05) is 0 Å². The van der Waals surface area contributed by atoms with Crippen molar-refractivity contribution in [3.63, 3.8) is 0 Å². The Morgan fingerprint density at radius 2 is 1.96 bits per heavy atom. The fourth-order valence-corrected chi connectivity index (χ4v) is 3.40. The first-order chi connectivity index (χ1) is 11.6. The number of hydrogen-bond acceptors (Lipinski definition) is 5. The molecule has 0 saturated carbocycles. The lowest BCUT2D eigenvalue weighted by Gasteiger charge is -2.04. The summed E-state index contributed by atoms with van der Waals surface area (Å²) in [7, 11) is 0. The van der Waals surface area contributed by atoms with Crippen LogP contribution >= 0.6 is 34.7 Å². The van der Waals surface area contributed by atoms with Crippen molar-refractivity contribution in [2.24, 2.45) is 0 Å². The van der Waals surface area contributed by atoms with Gasteiger partial charge in [-0.3, -0.25) is 9.59 Å². The number of carbonyl (C=O) groups is 2. The number of hydrogen-bond donors (Lipinski definition) is 2. The van der Waals surface area contributed by atoms with Crippen LogP contribution < -0.4 is 10.6 Å². The van der Waals surface area contributed by atoms with Crippen LogP contribution in [0.1, 0.15) is 12.1 Å². The summed E-state index contributed by atoms with van der Waals surface area (Å²) in [5.74, 6) is 0.388. The molecule has 0 fully saturated rings. The molecule has 0 aliphatic carbocycles.